The molecule has 1 aromatic carbocycles. The van der Waals surface area contributed by atoms with E-state index >= 15 is 0 Å². The third kappa shape index (κ3) is 1.65. The summed E-state index contributed by atoms with van der Waals surface area (Å²) in [6.45, 7) is 3.21. The molecule has 0 fully saturated rings. The minimum Gasteiger partial charge on any atom is -0.489 e. The number of ether oxygens (including phenoxy) is 1. The maximum atomic E-state index is 13.2. The van der Waals surface area contributed by atoms with Gasteiger partial charge in [-0.05, 0) is 13.0 Å². The van der Waals surface area contributed by atoms with E-state index in [1.165, 1.54) is 6.07 Å². The van der Waals surface area contributed by atoms with Gasteiger partial charge >= 0.3 is 0 Å². The molecule has 0 radical (unpaired) electrons. The molecule has 0 saturated carbocycles. The van der Waals surface area contributed by atoms with Gasteiger partial charge in [-0.25, -0.2) is 4.39 Å². The summed E-state index contributed by atoms with van der Waals surface area (Å²) >= 11 is 0. The first-order chi connectivity index (χ1) is 6.27. The third-order valence-electron chi connectivity index (χ3n) is 2.17. The number of hydrogen-bond acceptors (Lipinski definition) is 2. The Morgan fingerprint density at radius 3 is 3.23 bits per heavy atom. The van der Waals surface area contributed by atoms with Crippen LogP contribution < -0.4 is 10.1 Å². The van der Waals surface area contributed by atoms with Gasteiger partial charge in [0.2, 0.25) is 0 Å². The Labute approximate surface area is 76.7 Å². The minimum atomic E-state index is -0.270. The number of fused-ring (bicyclic) bond motifs is 1. The van der Waals surface area contributed by atoms with Gasteiger partial charge in [0.1, 0.15) is 6.61 Å². The standard InChI is InChI=1S/C10H12FNO/c1-7-6-13-10-8(5-12-7)3-2-4-9(10)11/h2-4,7,12H,5-6H2,1H3. The SMILES string of the molecule is CC1COc2c(F)cccc2CN1. The van der Waals surface area contributed by atoms with Crippen molar-refractivity contribution in [1.82, 2.24) is 5.32 Å². The molecule has 1 unspecified atom stereocenters. The Hall–Kier alpha value is -1.09. The maximum Gasteiger partial charge on any atom is 0.165 e. The summed E-state index contributed by atoms with van der Waals surface area (Å²) in [6, 6.07) is 5.28. The Morgan fingerprint density at radius 1 is 1.54 bits per heavy atom. The average molecular weight is 181 g/mol. The van der Waals surface area contributed by atoms with Gasteiger partial charge in [-0.15, -0.1) is 0 Å². The highest BCUT2D eigenvalue weighted by molar-refractivity contribution is 5.35. The van der Waals surface area contributed by atoms with E-state index in [4.69, 9.17) is 4.74 Å². The zero-order valence-electron chi connectivity index (χ0n) is 7.51. The zero-order chi connectivity index (χ0) is 9.26. The predicted octanol–water partition coefficient (Wildman–Crippen LogP) is 1.70. The lowest BCUT2D eigenvalue weighted by atomic mass is 10.2. The minimum absolute atomic E-state index is 0.270. The van der Waals surface area contributed by atoms with E-state index in [2.05, 4.69) is 5.32 Å². The van der Waals surface area contributed by atoms with Crippen molar-refractivity contribution in [3.63, 3.8) is 0 Å². The van der Waals surface area contributed by atoms with Crippen molar-refractivity contribution in [2.24, 2.45) is 0 Å². The van der Waals surface area contributed by atoms with Crippen LogP contribution in [0.5, 0.6) is 5.75 Å². The van der Waals surface area contributed by atoms with Gasteiger partial charge in [0, 0.05) is 18.2 Å². The third-order valence-corrected chi connectivity index (χ3v) is 2.17. The lowest BCUT2D eigenvalue weighted by molar-refractivity contribution is 0.276. The van der Waals surface area contributed by atoms with Crippen LogP contribution in [0.25, 0.3) is 0 Å². The summed E-state index contributed by atoms with van der Waals surface area (Å²) in [5, 5.41) is 3.24. The van der Waals surface area contributed by atoms with Crippen LogP contribution in [-0.4, -0.2) is 12.6 Å². The molecular weight excluding hydrogens is 169 g/mol. The Bertz CT molecular complexity index is 314. The molecule has 0 saturated heterocycles. The molecule has 0 bridgehead atoms. The fraction of sp³-hybridized carbons (Fsp3) is 0.400. The summed E-state index contributed by atoms with van der Waals surface area (Å²) in [5.41, 5.74) is 0.893. The summed E-state index contributed by atoms with van der Waals surface area (Å²) < 4.78 is 18.6. The van der Waals surface area contributed by atoms with E-state index in [1.807, 2.05) is 13.0 Å². The zero-order valence-corrected chi connectivity index (χ0v) is 7.51. The van der Waals surface area contributed by atoms with Crippen LogP contribution in [-0.2, 0) is 6.54 Å². The molecule has 0 amide bonds. The number of benzene rings is 1. The summed E-state index contributed by atoms with van der Waals surface area (Å²) in [7, 11) is 0. The van der Waals surface area contributed by atoms with Gasteiger partial charge < -0.3 is 10.1 Å². The molecule has 1 aromatic rings. The number of rotatable bonds is 0. The molecule has 0 spiro atoms. The van der Waals surface area contributed by atoms with Gasteiger partial charge in [0.05, 0.1) is 0 Å². The molecule has 2 nitrogen and oxygen atoms in total. The molecule has 1 N–H and O–H groups in total. The molecule has 13 heavy (non-hydrogen) atoms. The quantitative estimate of drug-likeness (QED) is 0.657. The van der Waals surface area contributed by atoms with E-state index < -0.39 is 0 Å². The van der Waals surface area contributed by atoms with Crippen molar-refractivity contribution in [3.8, 4) is 5.75 Å². The van der Waals surface area contributed by atoms with Crippen molar-refractivity contribution in [2.45, 2.75) is 19.5 Å². The van der Waals surface area contributed by atoms with E-state index in [9.17, 15) is 4.39 Å². The number of hydrogen-bond donors (Lipinski definition) is 1. The highest BCUT2D eigenvalue weighted by atomic mass is 19.1. The van der Waals surface area contributed by atoms with Crippen molar-refractivity contribution in [1.29, 1.82) is 0 Å². The van der Waals surface area contributed by atoms with E-state index in [-0.39, 0.29) is 11.9 Å². The monoisotopic (exact) mass is 181 g/mol. The maximum absolute atomic E-state index is 13.2. The number of halogens is 1. The Morgan fingerprint density at radius 2 is 2.38 bits per heavy atom. The van der Waals surface area contributed by atoms with Gasteiger partial charge in [-0.2, -0.15) is 0 Å². The summed E-state index contributed by atoms with van der Waals surface area (Å²) in [6.07, 6.45) is 0. The summed E-state index contributed by atoms with van der Waals surface area (Å²) in [5.74, 6) is 0.132. The molecular formula is C10H12FNO. The fourth-order valence-corrected chi connectivity index (χ4v) is 1.41. The Balaban J connectivity index is 2.35. The van der Waals surface area contributed by atoms with E-state index in [0.717, 1.165) is 5.56 Å². The molecule has 1 aliphatic rings. The fourth-order valence-electron chi connectivity index (χ4n) is 1.41. The topological polar surface area (TPSA) is 21.3 Å². The molecule has 70 valence electrons. The second kappa shape index (κ2) is 3.34. The van der Waals surface area contributed by atoms with Crippen LogP contribution in [0.2, 0.25) is 0 Å². The van der Waals surface area contributed by atoms with E-state index in [0.29, 0.717) is 18.9 Å². The van der Waals surface area contributed by atoms with Gasteiger partial charge in [-0.3, -0.25) is 0 Å². The molecule has 1 aliphatic heterocycles. The predicted molar refractivity (Wildman–Crippen MR) is 48.2 cm³/mol. The second-order valence-corrected chi connectivity index (χ2v) is 3.32. The molecule has 0 aromatic heterocycles. The first kappa shape index (κ1) is 8.51. The number of nitrogens with one attached hydrogen (secondary N) is 1. The molecule has 0 aliphatic carbocycles. The average Bonchev–Trinajstić information content (AvgIpc) is 2.30. The van der Waals surface area contributed by atoms with Crippen molar-refractivity contribution >= 4 is 0 Å². The molecule has 2 rings (SSSR count). The normalized spacial score (nSPS) is 21.5. The lowest BCUT2D eigenvalue weighted by Gasteiger charge is -2.08. The van der Waals surface area contributed by atoms with Crippen molar-refractivity contribution in [3.05, 3.63) is 29.6 Å². The van der Waals surface area contributed by atoms with Crippen LogP contribution >= 0.6 is 0 Å². The first-order valence-corrected chi connectivity index (χ1v) is 4.41. The van der Waals surface area contributed by atoms with E-state index in [1.54, 1.807) is 6.07 Å². The van der Waals surface area contributed by atoms with Crippen LogP contribution in [0.1, 0.15) is 12.5 Å². The van der Waals surface area contributed by atoms with Gasteiger partial charge in [0.15, 0.2) is 11.6 Å². The largest absolute Gasteiger partial charge is 0.489 e. The second-order valence-electron chi connectivity index (χ2n) is 3.32. The molecule has 1 heterocycles. The van der Waals surface area contributed by atoms with Gasteiger partial charge in [0.25, 0.3) is 0 Å². The highest BCUT2D eigenvalue weighted by Gasteiger charge is 2.15. The van der Waals surface area contributed by atoms with Crippen molar-refractivity contribution in [2.75, 3.05) is 6.61 Å². The summed E-state index contributed by atoms with van der Waals surface area (Å²) in [4.78, 5) is 0. The molecule has 1 atom stereocenters. The van der Waals surface area contributed by atoms with Crippen LogP contribution in [0.15, 0.2) is 18.2 Å². The first-order valence-electron chi connectivity index (χ1n) is 4.41. The van der Waals surface area contributed by atoms with Crippen LogP contribution in [0, 0.1) is 5.82 Å². The van der Waals surface area contributed by atoms with Crippen LogP contribution in [0.3, 0.4) is 0 Å². The van der Waals surface area contributed by atoms with Crippen molar-refractivity contribution < 1.29 is 9.13 Å². The highest BCUT2D eigenvalue weighted by Crippen LogP contribution is 2.24. The van der Waals surface area contributed by atoms with Gasteiger partial charge in [-0.1, -0.05) is 12.1 Å². The lowest BCUT2D eigenvalue weighted by Crippen LogP contribution is -2.28. The Kier molecular flexibility index (Phi) is 2.19. The van der Waals surface area contributed by atoms with Crippen LogP contribution in [0.4, 0.5) is 4.39 Å². The smallest absolute Gasteiger partial charge is 0.165 e. The molecule has 3 heteroatoms. The number of para-hydroxylation sites is 1.